The van der Waals surface area contributed by atoms with Crippen LogP contribution in [0.3, 0.4) is 0 Å². The number of thioether (sulfide) groups is 1. The minimum absolute atomic E-state index is 0.238. The molecule has 0 saturated carbocycles. The summed E-state index contributed by atoms with van der Waals surface area (Å²) in [6.07, 6.45) is 1.65. The third-order valence-electron chi connectivity index (χ3n) is 5.06. The lowest BCUT2D eigenvalue weighted by Gasteiger charge is -2.18. The molecular weight excluding hydrogens is 420 g/mol. The molecule has 9 heteroatoms. The fraction of sp³-hybridized carbons (Fsp3) is 0.273. The summed E-state index contributed by atoms with van der Waals surface area (Å²) < 4.78 is 11.4. The highest BCUT2D eigenvalue weighted by molar-refractivity contribution is 8.18. The van der Waals surface area contributed by atoms with Crippen LogP contribution in [0.15, 0.2) is 35.2 Å². The van der Waals surface area contributed by atoms with Gasteiger partial charge in [-0.25, -0.2) is 9.59 Å². The fourth-order valence-corrected chi connectivity index (χ4v) is 4.33. The molecule has 1 atom stereocenters. The molecule has 0 radical (unpaired) electrons. The second-order valence-electron chi connectivity index (χ2n) is 6.95. The van der Waals surface area contributed by atoms with Gasteiger partial charge in [0.1, 0.15) is 6.04 Å². The normalized spacial score (nSPS) is 16.0. The Morgan fingerprint density at radius 1 is 1.06 bits per heavy atom. The number of ether oxygens (including phenoxy) is 2. The van der Waals surface area contributed by atoms with E-state index in [9.17, 15) is 19.2 Å². The molecule has 0 spiro atoms. The van der Waals surface area contributed by atoms with Crippen LogP contribution in [0, 0.1) is 13.8 Å². The highest BCUT2D eigenvalue weighted by Gasteiger charge is 2.41. The third kappa shape index (κ3) is 4.13. The Morgan fingerprint density at radius 2 is 1.71 bits per heavy atom. The maximum Gasteiger partial charge on any atom is 0.337 e. The molecule has 1 aromatic heterocycles. The van der Waals surface area contributed by atoms with Gasteiger partial charge in [0.05, 0.1) is 24.7 Å². The minimum atomic E-state index is -0.996. The van der Waals surface area contributed by atoms with Crippen LogP contribution in [0.4, 0.5) is 4.79 Å². The van der Waals surface area contributed by atoms with Crippen LogP contribution >= 0.6 is 11.8 Å². The number of rotatable bonds is 5. The zero-order chi connectivity index (χ0) is 22.9. The summed E-state index contributed by atoms with van der Waals surface area (Å²) in [6.45, 7) is 5.27. The summed E-state index contributed by atoms with van der Waals surface area (Å²) in [5, 5.41) is -0.513. The molecule has 8 nitrogen and oxygen atoms in total. The first-order valence-corrected chi connectivity index (χ1v) is 10.2. The van der Waals surface area contributed by atoms with Gasteiger partial charge in [-0.15, -0.1) is 0 Å². The number of amides is 2. The number of carbonyl (C=O) groups is 4. The molecule has 3 rings (SSSR count). The molecule has 0 unspecified atom stereocenters. The number of nitrogens with zero attached hydrogens (tertiary/aromatic N) is 2. The maximum absolute atomic E-state index is 12.7. The fourth-order valence-electron chi connectivity index (χ4n) is 3.43. The Kier molecular flexibility index (Phi) is 6.35. The molecule has 31 heavy (non-hydrogen) atoms. The van der Waals surface area contributed by atoms with Crippen LogP contribution in [-0.4, -0.2) is 52.8 Å². The maximum atomic E-state index is 12.7. The molecule has 0 N–H and O–H groups in total. The molecule has 0 aliphatic carbocycles. The Morgan fingerprint density at radius 3 is 2.29 bits per heavy atom. The number of benzene rings is 1. The topological polar surface area (TPSA) is 94.9 Å². The zero-order valence-corrected chi connectivity index (χ0v) is 18.6. The SMILES string of the molecule is COC(=O)c1ccc(-n2c(C)cc(/C=C3/SC(=O)N([C@@H](C)C(=O)OC)C3=O)c2C)cc1. The van der Waals surface area contributed by atoms with Crippen molar-refractivity contribution in [1.82, 2.24) is 9.47 Å². The Hall–Kier alpha value is -3.33. The monoisotopic (exact) mass is 442 g/mol. The first-order chi connectivity index (χ1) is 14.7. The van der Waals surface area contributed by atoms with Crippen molar-refractivity contribution in [2.45, 2.75) is 26.8 Å². The summed E-state index contributed by atoms with van der Waals surface area (Å²) in [4.78, 5) is 49.6. The highest BCUT2D eigenvalue weighted by Crippen LogP contribution is 2.35. The number of carbonyl (C=O) groups excluding carboxylic acids is 4. The summed E-state index contributed by atoms with van der Waals surface area (Å²) >= 11 is 0.790. The van der Waals surface area contributed by atoms with Crippen LogP contribution in [0.5, 0.6) is 0 Å². The second kappa shape index (κ2) is 8.81. The lowest BCUT2D eigenvalue weighted by Crippen LogP contribution is -2.42. The van der Waals surface area contributed by atoms with Crippen molar-refractivity contribution in [3.05, 3.63) is 57.8 Å². The van der Waals surface area contributed by atoms with Crippen LogP contribution < -0.4 is 0 Å². The summed E-state index contributed by atoms with van der Waals surface area (Å²) in [5.41, 5.74) is 3.83. The number of hydrogen-bond acceptors (Lipinski definition) is 7. The van der Waals surface area contributed by atoms with Crippen molar-refractivity contribution in [1.29, 1.82) is 0 Å². The summed E-state index contributed by atoms with van der Waals surface area (Å²) in [7, 11) is 2.54. The van der Waals surface area contributed by atoms with Crippen molar-refractivity contribution in [3.63, 3.8) is 0 Å². The van der Waals surface area contributed by atoms with Crippen molar-refractivity contribution in [2.75, 3.05) is 14.2 Å². The summed E-state index contributed by atoms with van der Waals surface area (Å²) in [5.74, 6) is -1.60. The van der Waals surface area contributed by atoms with E-state index < -0.39 is 29.1 Å². The number of methoxy groups -OCH3 is 2. The van der Waals surface area contributed by atoms with E-state index in [1.54, 1.807) is 18.2 Å². The van der Waals surface area contributed by atoms with E-state index in [0.29, 0.717) is 5.56 Å². The average molecular weight is 442 g/mol. The molecular formula is C22H22N2O6S. The third-order valence-corrected chi connectivity index (χ3v) is 5.94. The van der Waals surface area contributed by atoms with Gasteiger partial charge in [0.25, 0.3) is 11.1 Å². The highest BCUT2D eigenvalue weighted by atomic mass is 32.2. The number of aromatic nitrogens is 1. The molecule has 1 aliphatic rings. The van der Waals surface area contributed by atoms with E-state index in [1.165, 1.54) is 21.1 Å². The number of aryl methyl sites for hydroxylation is 1. The Balaban J connectivity index is 1.93. The van der Waals surface area contributed by atoms with E-state index in [4.69, 9.17) is 4.74 Å². The van der Waals surface area contributed by atoms with Gasteiger partial charge in [-0.1, -0.05) is 0 Å². The number of imide groups is 1. The van der Waals surface area contributed by atoms with Gasteiger partial charge in [-0.05, 0) is 74.5 Å². The standard InChI is InChI=1S/C22H22N2O6S/c1-12-10-16(11-18-19(25)24(22(28)31-18)14(3)20(26)29-4)13(2)23(12)17-8-6-15(7-9-17)21(27)30-5/h6-11,14H,1-5H3/b18-11+/t14-/m0/s1. The quantitative estimate of drug-likeness (QED) is 0.517. The van der Waals surface area contributed by atoms with Gasteiger partial charge in [-0.3, -0.25) is 14.5 Å². The van der Waals surface area contributed by atoms with Crippen molar-refractivity contribution in [3.8, 4) is 5.69 Å². The average Bonchev–Trinajstić information content (AvgIpc) is 3.20. The van der Waals surface area contributed by atoms with Crippen LogP contribution in [0.25, 0.3) is 11.8 Å². The summed E-state index contributed by atoms with van der Waals surface area (Å²) in [6, 6.07) is 7.88. The van der Waals surface area contributed by atoms with Gasteiger partial charge >= 0.3 is 11.9 Å². The second-order valence-corrected chi connectivity index (χ2v) is 7.94. The molecule has 2 amide bonds. The number of hydrogen-bond donors (Lipinski definition) is 0. The molecule has 1 fully saturated rings. The molecule has 2 heterocycles. The van der Waals surface area contributed by atoms with E-state index in [1.807, 2.05) is 36.6 Å². The van der Waals surface area contributed by atoms with Gasteiger partial charge in [0.15, 0.2) is 0 Å². The van der Waals surface area contributed by atoms with E-state index >= 15 is 0 Å². The zero-order valence-electron chi connectivity index (χ0n) is 17.8. The van der Waals surface area contributed by atoms with Gasteiger partial charge < -0.3 is 14.0 Å². The van der Waals surface area contributed by atoms with Crippen molar-refractivity contribution >= 4 is 40.9 Å². The van der Waals surface area contributed by atoms with Crippen LogP contribution in [0.1, 0.15) is 34.2 Å². The smallest absolute Gasteiger partial charge is 0.337 e. The van der Waals surface area contributed by atoms with Gasteiger partial charge in [-0.2, -0.15) is 0 Å². The largest absolute Gasteiger partial charge is 0.467 e. The lowest BCUT2D eigenvalue weighted by atomic mass is 10.2. The molecule has 1 saturated heterocycles. The number of esters is 2. The van der Waals surface area contributed by atoms with Crippen LogP contribution in [0.2, 0.25) is 0 Å². The molecule has 1 aromatic carbocycles. The first kappa shape index (κ1) is 22.4. The van der Waals surface area contributed by atoms with E-state index in [-0.39, 0.29) is 4.91 Å². The molecule has 162 valence electrons. The molecule has 1 aliphatic heterocycles. The van der Waals surface area contributed by atoms with Gasteiger partial charge in [0.2, 0.25) is 0 Å². The predicted molar refractivity (Wildman–Crippen MR) is 116 cm³/mol. The molecule has 2 aromatic rings. The Labute approximate surface area is 183 Å². The van der Waals surface area contributed by atoms with Crippen LogP contribution in [-0.2, 0) is 19.1 Å². The minimum Gasteiger partial charge on any atom is -0.467 e. The lowest BCUT2D eigenvalue weighted by molar-refractivity contribution is -0.148. The Bertz CT molecular complexity index is 1100. The van der Waals surface area contributed by atoms with Gasteiger partial charge in [0, 0.05) is 17.1 Å². The van der Waals surface area contributed by atoms with E-state index in [2.05, 4.69) is 4.74 Å². The first-order valence-electron chi connectivity index (χ1n) is 9.42. The molecule has 0 bridgehead atoms. The van der Waals surface area contributed by atoms with Crippen molar-refractivity contribution < 1.29 is 28.7 Å². The van der Waals surface area contributed by atoms with E-state index in [0.717, 1.165) is 39.3 Å². The predicted octanol–water partition coefficient (Wildman–Crippen LogP) is 3.48. The van der Waals surface area contributed by atoms with Crippen molar-refractivity contribution in [2.24, 2.45) is 0 Å².